The fourth-order valence-electron chi connectivity index (χ4n) is 3.32. The topological polar surface area (TPSA) is 76.7 Å². The van der Waals surface area contributed by atoms with Crippen LogP contribution in [-0.4, -0.2) is 18.6 Å². The minimum atomic E-state index is -0.599. The lowest BCUT2D eigenvalue weighted by Gasteiger charge is -2.29. The van der Waals surface area contributed by atoms with E-state index >= 15 is 0 Å². The molecular weight excluding hydrogens is 439 g/mol. The Balaban J connectivity index is 1.80. The molecule has 31 heavy (non-hydrogen) atoms. The average molecular weight is 463 g/mol. The van der Waals surface area contributed by atoms with Crippen LogP contribution in [0, 0.1) is 0 Å². The molecule has 1 aliphatic heterocycles. The molecule has 0 aliphatic carbocycles. The zero-order valence-electron chi connectivity index (χ0n) is 17.3. The number of allylic oxidation sites excluding steroid dienone is 1. The van der Waals surface area contributed by atoms with Gasteiger partial charge in [-0.3, -0.25) is 0 Å². The van der Waals surface area contributed by atoms with Crippen molar-refractivity contribution in [2.75, 3.05) is 6.61 Å². The third-order valence-corrected chi connectivity index (χ3v) is 5.49. The maximum atomic E-state index is 12.6. The van der Waals surface area contributed by atoms with Gasteiger partial charge in [-0.05, 0) is 48.7 Å². The van der Waals surface area contributed by atoms with Crippen LogP contribution in [0.3, 0.4) is 0 Å². The molecule has 0 saturated carbocycles. The number of halogens is 2. The maximum Gasteiger partial charge on any atom is 0.338 e. The van der Waals surface area contributed by atoms with Crippen LogP contribution in [-0.2, 0) is 16.1 Å². The average Bonchev–Trinajstić information content (AvgIpc) is 2.75. The van der Waals surface area contributed by atoms with E-state index in [1.54, 1.807) is 31.2 Å². The number of carbonyl (C=O) groups excluding carboxylic acids is 2. The summed E-state index contributed by atoms with van der Waals surface area (Å²) in [6, 6.07) is 11.6. The largest absolute Gasteiger partial charge is 0.489 e. The molecule has 0 bridgehead atoms. The van der Waals surface area contributed by atoms with Gasteiger partial charge in [-0.25, -0.2) is 9.59 Å². The van der Waals surface area contributed by atoms with Crippen LogP contribution in [0.15, 0.2) is 53.7 Å². The molecule has 1 aliphatic rings. The summed E-state index contributed by atoms with van der Waals surface area (Å²) in [6.45, 7) is 4.32. The summed E-state index contributed by atoms with van der Waals surface area (Å²) in [5.74, 6) is 0.203. The first kappa shape index (κ1) is 23.0. The monoisotopic (exact) mass is 462 g/mol. The van der Waals surface area contributed by atoms with Gasteiger partial charge in [-0.15, -0.1) is 0 Å². The Hall–Kier alpha value is -2.70. The summed E-state index contributed by atoms with van der Waals surface area (Å²) in [5, 5.41) is 6.54. The second kappa shape index (κ2) is 10.6. The standard InChI is InChI=1S/C23H24Cl2N2O4/c1-3-5-19-20(22(28)30-4-2)21(27-23(29)26-19)15-7-9-16(10-8-15)31-13-14-6-11-17(24)18(25)12-14/h6-12,21H,3-5,13H2,1-2H3,(H2,26,27,29). The number of benzene rings is 2. The fraction of sp³-hybridized carbons (Fsp3) is 0.304. The quantitative estimate of drug-likeness (QED) is 0.504. The van der Waals surface area contributed by atoms with Crippen LogP contribution < -0.4 is 15.4 Å². The number of carbonyl (C=O) groups is 2. The summed E-state index contributed by atoms with van der Waals surface area (Å²) < 4.78 is 11.1. The van der Waals surface area contributed by atoms with Gasteiger partial charge in [0.1, 0.15) is 12.4 Å². The number of nitrogens with one attached hydrogen (secondary N) is 2. The lowest BCUT2D eigenvalue weighted by Crippen LogP contribution is -2.46. The third kappa shape index (κ3) is 5.71. The van der Waals surface area contributed by atoms with Gasteiger partial charge in [0.2, 0.25) is 0 Å². The molecule has 2 N–H and O–H groups in total. The van der Waals surface area contributed by atoms with Gasteiger partial charge < -0.3 is 20.1 Å². The molecular formula is C23H24Cl2N2O4. The lowest BCUT2D eigenvalue weighted by atomic mass is 9.94. The summed E-state index contributed by atoms with van der Waals surface area (Å²) in [5.41, 5.74) is 2.66. The van der Waals surface area contributed by atoms with E-state index in [1.807, 2.05) is 25.1 Å². The van der Waals surface area contributed by atoms with Crippen LogP contribution in [0.1, 0.15) is 43.9 Å². The van der Waals surface area contributed by atoms with E-state index in [-0.39, 0.29) is 12.6 Å². The van der Waals surface area contributed by atoms with Crippen LogP contribution in [0.25, 0.3) is 0 Å². The second-order valence-electron chi connectivity index (χ2n) is 7.00. The summed E-state index contributed by atoms with van der Waals surface area (Å²) in [6.07, 6.45) is 1.36. The molecule has 1 heterocycles. The molecule has 8 heteroatoms. The van der Waals surface area contributed by atoms with Crippen molar-refractivity contribution in [1.29, 1.82) is 0 Å². The molecule has 0 aromatic heterocycles. The predicted octanol–water partition coefficient (Wildman–Crippen LogP) is 5.54. The third-order valence-electron chi connectivity index (χ3n) is 4.75. The van der Waals surface area contributed by atoms with E-state index < -0.39 is 12.0 Å². The smallest absolute Gasteiger partial charge is 0.338 e. The van der Waals surface area contributed by atoms with Gasteiger partial charge in [0, 0.05) is 5.70 Å². The van der Waals surface area contributed by atoms with Crippen LogP contribution in [0.5, 0.6) is 5.75 Å². The van der Waals surface area contributed by atoms with Crippen LogP contribution in [0.2, 0.25) is 10.0 Å². The van der Waals surface area contributed by atoms with E-state index in [4.69, 9.17) is 32.7 Å². The van der Waals surface area contributed by atoms with Gasteiger partial charge in [0.25, 0.3) is 0 Å². The van der Waals surface area contributed by atoms with Crippen molar-refractivity contribution >= 4 is 35.2 Å². The van der Waals surface area contributed by atoms with Crippen molar-refractivity contribution in [3.63, 3.8) is 0 Å². The first-order chi connectivity index (χ1) is 14.9. The number of esters is 1. The number of ether oxygens (including phenoxy) is 2. The van der Waals surface area contributed by atoms with Crippen molar-refractivity contribution < 1.29 is 19.1 Å². The number of urea groups is 1. The first-order valence-corrected chi connectivity index (χ1v) is 10.8. The Morgan fingerprint density at radius 3 is 2.45 bits per heavy atom. The minimum Gasteiger partial charge on any atom is -0.489 e. The molecule has 3 rings (SSSR count). The normalized spacial score (nSPS) is 15.9. The summed E-state index contributed by atoms with van der Waals surface area (Å²) in [4.78, 5) is 24.8. The molecule has 2 aromatic carbocycles. The molecule has 1 atom stereocenters. The highest BCUT2D eigenvalue weighted by atomic mass is 35.5. The second-order valence-corrected chi connectivity index (χ2v) is 7.81. The predicted molar refractivity (Wildman–Crippen MR) is 120 cm³/mol. The SMILES string of the molecule is CCCC1=C(C(=O)OCC)C(c2ccc(OCc3ccc(Cl)c(Cl)c3)cc2)NC(=O)N1. The minimum absolute atomic E-state index is 0.254. The molecule has 2 aromatic rings. The van der Waals surface area contributed by atoms with Crippen LogP contribution in [0.4, 0.5) is 4.79 Å². The van der Waals surface area contributed by atoms with Gasteiger partial charge >= 0.3 is 12.0 Å². The molecule has 0 radical (unpaired) electrons. The van der Waals surface area contributed by atoms with E-state index in [1.165, 1.54) is 0 Å². The number of amides is 2. The van der Waals surface area contributed by atoms with Crippen molar-refractivity contribution in [2.45, 2.75) is 39.3 Å². The first-order valence-electron chi connectivity index (χ1n) is 10.1. The Morgan fingerprint density at radius 1 is 1.06 bits per heavy atom. The zero-order chi connectivity index (χ0) is 22.4. The van der Waals surface area contributed by atoms with Gasteiger partial charge in [0.05, 0.1) is 28.3 Å². The van der Waals surface area contributed by atoms with Crippen molar-refractivity contribution in [3.8, 4) is 5.75 Å². The Bertz CT molecular complexity index is 990. The molecule has 0 spiro atoms. The molecule has 164 valence electrons. The zero-order valence-corrected chi connectivity index (χ0v) is 18.8. The fourth-order valence-corrected chi connectivity index (χ4v) is 3.64. The molecule has 2 amide bonds. The molecule has 1 unspecified atom stereocenters. The van der Waals surface area contributed by atoms with E-state index in [2.05, 4.69) is 10.6 Å². The van der Waals surface area contributed by atoms with Crippen LogP contribution >= 0.6 is 23.2 Å². The summed E-state index contributed by atoms with van der Waals surface area (Å²) in [7, 11) is 0. The number of hydrogen-bond donors (Lipinski definition) is 2. The highest BCUT2D eigenvalue weighted by Crippen LogP contribution is 2.31. The Morgan fingerprint density at radius 2 is 1.81 bits per heavy atom. The molecule has 0 saturated heterocycles. The summed E-state index contributed by atoms with van der Waals surface area (Å²) >= 11 is 12.0. The van der Waals surface area contributed by atoms with E-state index in [0.717, 1.165) is 17.5 Å². The van der Waals surface area contributed by atoms with E-state index in [0.29, 0.717) is 40.1 Å². The Kier molecular flexibility index (Phi) is 7.82. The van der Waals surface area contributed by atoms with E-state index in [9.17, 15) is 9.59 Å². The Labute approximate surface area is 191 Å². The maximum absolute atomic E-state index is 12.6. The van der Waals surface area contributed by atoms with Gasteiger partial charge in [-0.1, -0.05) is 54.7 Å². The van der Waals surface area contributed by atoms with Crippen molar-refractivity contribution in [2.24, 2.45) is 0 Å². The highest BCUT2D eigenvalue weighted by Gasteiger charge is 2.33. The highest BCUT2D eigenvalue weighted by molar-refractivity contribution is 6.42. The van der Waals surface area contributed by atoms with Crippen molar-refractivity contribution in [1.82, 2.24) is 10.6 Å². The van der Waals surface area contributed by atoms with Crippen molar-refractivity contribution in [3.05, 3.63) is 74.9 Å². The number of rotatable bonds is 8. The lowest BCUT2D eigenvalue weighted by molar-refractivity contribution is -0.139. The van der Waals surface area contributed by atoms with Gasteiger partial charge in [-0.2, -0.15) is 0 Å². The van der Waals surface area contributed by atoms with Gasteiger partial charge in [0.15, 0.2) is 0 Å². The number of hydrogen-bond acceptors (Lipinski definition) is 4. The molecule has 0 fully saturated rings. The molecule has 6 nitrogen and oxygen atoms in total.